The van der Waals surface area contributed by atoms with E-state index in [2.05, 4.69) is 10.4 Å². The number of nitrogens with zero attached hydrogens (tertiary/aromatic N) is 2. The van der Waals surface area contributed by atoms with E-state index >= 15 is 0 Å². The second kappa shape index (κ2) is 6.92. The lowest BCUT2D eigenvalue weighted by atomic mass is 9.95. The van der Waals surface area contributed by atoms with Crippen LogP contribution in [0.1, 0.15) is 51.1 Å². The van der Waals surface area contributed by atoms with E-state index in [4.69, 9.17) is 4.74 Å². The highest BCUT2D eigenvalue weighted by Gasteiger charge is 2.27. The Morgan fingerprint density at radius 3 is 2.96 bits per heavy atom. The number of rotatable bonds is 4. The molecule has 26 heavy (non-hydrogen) atoms. The number of ether oxygens (including phenoxy) is 1. The highest BCUT2D eigenvalue weighted by molar-refractivity contribution is 7.17. The van der Waals surface area contributed by atoms with E-state index < -0.39 is 0 Å². The quantitative estimate of drug-likeness (QED) is 0.712. The summed E-state index contributed by atoms with van der Waals surface area (Å²) in [6.45, 7) is 2.09. The van der Waals surface area contributed by atoms with E-state index in [1.165, 1.54) is 16.2 Å². The summed E-state index contributed by atoms with van der Waals surface area (Å²) in [5.74, 6) is -0.685. The van der Waals surface area contributed by atoms with Gasteiger partial charge >= 0.3 is 5.97 Å². The molecule has 0 saturated heterocycles. The van der Waals surface area contributed by atoms with Crippen molar-refractivity contribution in [2.75, 3.05) is 11.9 Å². The van der Waals surface area contributed by atoms with Crippen LogP contribution in [0.15, 0.2) is 30.5 Å². The number of esters is 1. The summed E-state index contributed by atoms with van der Waals surface area (Å²) in [5.41, 5.74) is 2.71. The zero-order valence-corrected chi connectivity index (χ0v) is 15.3. The molecule has 0 fully saturated rings. The average molecular weight is 369 g/mol. The van der Waals surface area contributed by atoms with Crippen LogP contribution in [-0.2, 0) is 17.6 Å². The molecular weight excluding hydrogens is 350 g/mol. The number of anilines is 1. The van der Waals surface area contributed by atoms with Crippen molar-refractivity contribution in [3.05, 3.63) is 52.2 Å². The maximum atomic E-state index is 12.7. The third-order valence-electron chi connectivity index (χ3n) is 4.48. The molecule has 3 heterocycles. The van der Waals surface area contributed by atoms with E-state index in [1.54, 1.807) is 23.7 Å². The van der Waals surface area contributed by atoms with Gasteiger partial charge in [0, 0.05) is 11.1 Å². The number of amides is 1. The largest absolute Gasteiger partial charge is 0.462 e. The number of pyridine rings is 1. The number of nitrogens with one attached hydrogen (secondary N) is 1. The number of carbonyl (C=O) groups is 2. The van der Waals surface area contributed by atoms with Gasteiger partial charge in [0.25, 0.3) is 5.91 Å². The summed E-state index contributed by atoms with van der Waals surface area (Å²) in [6.07, 6.45) is 5.74. The molecule has 1 aliphatic rings. The molecule has 134 valence electrons. The average Bonchev–Trinajstić information content (AvgIpc) is 3.22. The van der Waals surface area contributed by atoms with Crippen LogP contribution < -0.4 is 5.32 Å². The minimum atomic E-state index is -0.364. The van der Waals surface area contributed by atoms with Gasteiger partial charge in [-0.05, 0) is 56.4 Å². The summed E-state index contributed by atoms with van der Waals surface area (Å²) in [6, 6.07) is 7.36. The lowest BCUT2D eigenvalue weighted by Gasteiger charge is -2.12. The minimum Gasteiger partial charge on any atom is -0.462 e. The van der Waals surface area contributed by atoms with Gasteiger partial charge in [-0.2, -0.15) is 5.10 Å². The lowest BCUT2D eigenvalue weighted by molar-refractivity contribution is 0.0526. The topological polar surface area (TPSA) is 72.7 Å². The zero-order chi connectivity index (χ0) is 18.1. The summed E-state index contributed by atoms with van der Waals surface area (Å²) >= 11 is 1.48. The predicted molar refractivity (Wildman–Crippen MR) is 100 cm³/mol. The van der Waals surface area contributed by atoms with Gasteiger partial charge in [-0.25, -0.2) is 9.31 Å². The van der Waals surface area contributed by atoms with Crippen LogP contribution in [0, 0.1) is 0 Å². The minimum absolute atomic E-state index is 0.309. The van der Waals surface area contributed by atoms with Crippen molar-refractivity contribution in [3.63, 3.8) is 0 Å². The van der Waals surface area contributed by atoms with Gasteiger partial charge in [0.1, 0.15) is 5.00 Å². The number of aromatic nitrogens is 2. The number of thiophene rings is 1. The molecule has 1 N–H and O–H groups in total. The van der Waals surface area contributed by atoms with Crippen molar-refractivity contribution in [1.82, 2.24) is 9.61 Å². The first-order valence-corrected chi connectivity index (χ1v) is 9.56. The standard InChI is InChI=1S/C19H19N3O3S/c1-2-25-19(24)16-13-8-3-4-9-15(13)26-18(16)20-17(23)14-11-12-7-5-6-10-22(12)21-14/h5-7,10-11H,2-4,8-9H2,1H3,(H,20,23). The SMILES string of the molecule is CCOC(=O)c1c(NC(=O)c2cc3ccccn3n2)sc2c1CCCC2. The third kappa shape index (κ3) is 2.99. The molecule has 0 atom stereocenters. The van der Waals surface area contributed by atoms with Gasteiger partial charge < -0.3 is 10.1 Å². The number of hydrogen-bond acceptors (Lipinski definition) is 5. The van der Waals surface area contributed by atoms with Crippen LogP contribution in [0.25, 0.3) is 5.52 Å². The van der Waals surface area contributed by atoms with Crippen molar-refractivity contribution in [3.8, 4) is 0 Å². The smallest absolute Gasteiger partial charge is 0.341 e. The molecule has 4 rings (SSSR count). The van der Waals surface area contributed by atoms with E-state index in [1.807, 2.05) is 18.2 Å². The summed E-state index contributed by atoms with van der Waals surface area (Å²) in [4.78, 5) is 26.3. The first-order valence-electron chi connectivity index (χ1n) is 8.74. The number of hydrogen-bond donors (Lipinski definition) is 1. The molecule has 3 aromatic heterocycles. The fourth-order valence-corrected chi connectivity index (χ4v) is 4.56. The highest BCUT2D eigenvalue weighted by atomic mass is 32.1. The monoisotopic (exact) mass is 369 g/mol. The summed E-state index contributed by atoms with van der Waals surface area (Å²) < 4.78 is 6.88. The Hall–Kier alpha value is -2.67. The van der Waals surface area contributed by atoms with Crippen molar-refractivity contribution >= 4 is 33.7 Å². The number of aryl methyl sites for hydroxylation is 1. The van der Waals surface area contributed by atoms with Crippen LogP contribution in [0.5, 0.6) is 0 Å². The summed E-state index contributed by atoms with van der Waals surface area (Å²) in [5, 5.41) is 7.75. The molecular formula is C19H19N3O3S. The van der Waals surface area contributed by atoms with Gasteiger partial charge in [0.05, 0.1) is 17.7 Å². The van der Waals surface area contributed by atoms with Crippen molar-refractivity contribution in [1.29, 1.82) is 0 Å². The molecule has 3 aromatic rings. The third-order valence-corrected chi connectivity index (χ3v) is 5.69. The van der Waals surface area contributed by atoms with E-state index in [0.717, 1.165) is 36.8 Å². The molecule has 1 amide bonds. The van der Waals surface area contributed by atoms with E-state index in [-0.39, 0.29) is 11.9 Å². The molecule has 0 saturated carbocycles. The zero-order valence-electron chi connectivity index (χ0n) is 14.4. The lowest BCUT2D eigenvalue weighted by Crippen LogP contribution is -2.16. The second-order valence-electron chi connectivity index (χ2n) is 6.19. The Kier molecular flexibility index (Phi) is 4.46. The van der Waals surface area contributed by atoms with Gasteiger partial charge in [0.2, 0.25) is 0 Å². The normalized spacial score (nSPS) is 13.4. The van der Waals surface area contributed by atoms with E-state index in [9.17, 15) is 9.59 Å². The van der Waals surface area contributed by atoms with Crippen LogP contribution >= 0.6 is 11.3 Å². The molecule has 6 nitrogen and oxygen atoms in total. The molecule has 0 radical (unpaired) electrons. The van der Waals surface area contributed by atoms with Gasteiger partial charge in [0.15, 0.2) is 5.69 Å². The van der Waals surface area contributed by atoms with Crippen LogP contribution in [-0.4, -0.2) is 28.1 Å². The van der Waals surface area contributed by atoms with E-state index in [0.29, 0.717) is 22.9 Å². The first kappa shape index (κ1) is 16.8. The molecule has 0 unspecified atom stereocenters. The van der Waals surface area contributed by atoms with Crippen LogP contribution in [0.2, 0.25) is 0 Å². The molecule has 0 aliphatic heterocycles. The second-order valence-corrected chi connectivity index (χ2v) is 7.29. The maximum Gasteiger partial charge on any atom is 0.341 e. The maximum absolute atomic E-state index is 12.7. The Morgan fingerprint density at radius 2 is 2.15 bits per heavy atom. The summed E-state index contributed by atoms with van der Waals surface area (Å²) in [7, 11) is 0. The van der Waals surface area contributed by atoms with Gasteiger partial charge in [-0.1, -0.05) is 6.07 Å². The highest BCUT2D eigenvalue weighted by Crippen LogP contribution is 2.38. The molecule has 1 aliphatic carbocycles. The number of fused-ring (bicyclic) bond motifs is 2. The Morgan fingerprint density at radius 1 is 1.31 bits per heavy atom. The number of carbonyl (C=O) groups excluding carboxylic acids is 2. The fourth-order valence-electron chi connectivity index (χ4n) is 3.29. The predicted octanol–water partition coefficient (Wildman–Crippen LogP) is 3.70. The van der Waals surface area contributed by atoms with Crippen LogP contribution in [0.3, 0.4) is 0 Å². The van der Waals surface area contributed by atoms with Crippen molar-refractivity contribution in [2.24, 2.45) is 0 Å². The molecule has 0 bridgehead atoms. The molecule has 0 spiro atoms. The van der Waals surface area contributed by atoms with Crippen molar-refractivity contribution in [2.45, 2.75) is 32.6 Å². The Labute approximate surface area is 154 Å². The van der Waals surface area contributed by atoms with Crippen LogP contribution in [0.4, 0.5) is 5.00 Å². The first-order chi connectivity index (χ1) is 12.7. The van der Waals surface area contributed by atoms with Gasteiger partial charge in [-0.3, -0.25) is 4.79 Å². The molecule has 7 heteroatoms. The Bertz CT molecular complexity index is 956. The van der Waals surface area contributed by atoms with Crippen molar-refractivity contribution < 1.29 is 14.3 Å². The molecule has 0 aromatic carbocycles. The fraction of sp³-hybridized carbons (Fsp3) is 0.316. The van der Waals surface area contributed by atoms with Gasteiger partial charge in [-0.15, -0.1) is 11.3 Å². The Balaban J connectivity index is 1.67.